The van der Waals surface area contributed by atoms with Gasteiger partial charge in [0.2, 0.25) is 0 Å². The molecule has 20 heavy (non-hydrogen) atoms. The molecule has 0 radical (unpaired) electrons. The third-order valence-corrected chi connectivity index (χ3v) is 2.68. The highest BCUT2D eigenvalue weighted by atomic mass is 35.5. The van der Waals surface area contributed by atoms with Crippen LogP contribution in [0, 0.1) is 11.3 Å². The maximum absolute atomic E-state index is 8.78. The smallest absolute Gasteiger partial charge is 0.139 e. The summed E-state index contributed by atoms with van der Waals surface area (Å²) in [5.41, 5.74) is 0.587. The Hall–Kier alpha value is -2.25. The van der Waals surface area contributed by atoms with Crippen LogP contribution < -0.4 is 9.47 Å². The second-order valence-electron chi connectivity index (χ2n) is 4.03. The molecule has 4 nitrogen and oxygen atoms in total. The molecule has 102 valence electrons. The number of rotatable bonds is 6. The van der Waals surface area contributed by atoms with Crippen molar-refractivity contribution in [1.29, 1.82) is 5.26 Å². The summed E-state index contributed by atoms with van der Waals surface area (Å²) in [7, 11) is 0. The van der Waals surface area contributed by atoms with Gasteiger partial charge in [0.15, 0.2) is 0 Å². The lowest BCUT2D eigenvalue weighted by Crippen LogP contribution is -2.05. The molecular formula is C15H13ClN2O2. The summed E-state index contributed by atoms with van der Waals surface area (Å²) < 4.78 is 11.0. The van der Waals surface area contributed by atoms with Crippen LogP contribution in [-0.4, -0.2) is 18.2 Å². The van der Waals surface area contributed by atoms with Crippen LogP contribution in [0.4, 0.5) is 0 Å². The summed E-state index contributed by atoms with van der Waals surface area (Å²) >= 11 is 5.80. The zero-order chi connectivity index (χ0) is 14.2. The maximum Gasteiger partial charge on any atom is 0.139 e. The first-order chi connectivity index (χ1) is 9.78. The van der Waals surface area contributed by atoms with E-state index in [1.54, 1.807) is 36.7 Å². The number of aromatic nitrogens is 1. The number of hydrogen-bond donors (Lipinski definition) is 0. The fourth-order valence-electron chi connectivity index (χ4n) is 1.57. The van der Waals surface area contributed by atoms with Crippen molar-refractivity contribution in [2.75, 3.05) is 13.2 Å². The van der Waals surface area contributed by atoms with Crippen LogP contribution in [0.15, 0.2) is 42.7 Å². The Kier molecular flexibility index (Phi) is 5.22. The van der Waals surface area contributed by atoms with Gasteiger partial charge in [-0.25, -0.2) is 0 Å². The van der Waals surface area contributed by atoms with E-state index in [-0.39, 0.29) is 0 Å². The van der Waals surface area contributed by atoms with E-state index in [9.17, 15) is 0 Å². The Labute approximate surface area is 122 Å². The summed E-state index contributed by atoms with van der Waals surface area (Å²) in [4.78, 5) is 3.93. The zero-order valence-electron chi connectivity index (χ0n) is 10.8. The van der Waals surface area contributed by atoms with Crippen molar-refractivity contribution in [2.24, 2.45) is 0 Å². The van der Waals surface area contributed by atoms with Gasteiger partial charge in [-0.15, -0.1) is 0 Å². The Morgan fingerprint density at radius 1 is 1.10 bits per heavy atom. The molecule has 1 aromatic heterocycles. The van der Waals surface area contributed by atoms with Gasteiger partial charge in [-0.2, -0.15) is 5.26 Å². The van der Waals surface area contributed by atoms with Crippen molar-refractivity contribution >= 4 is 11.6 Å². The zero-order valence-corrected chi connectivity index (χ0v) is 11.5. The van der Waals surface area contributed by atoms with E-state index in [1.165, 1.54) is 0 Å². The molecule has 5 heteroatoms. The van der Waals surface area contributed by atoms with Gasteiger partial charge in [-0.05, 0) is 18.2 Å². The van der Waals surface area contributed by atoms with Gasteiger partial charge in [0.25, 0.3) is 0 Å². The Balaban J connectivity index is 1.70. The molecule has 0 N–H and O–H groups in total. The monoisotopic (exact) mass is 288 g/mol. The van der Waals surface area contributed by atoms with Crippen LogP contribution in [-0.2, 0) is 0 Å². The van der Waals surface area contributed by atoms with Crippen LogP contribution in [0.2, 0.25) is 5.02 Å². The third-order valence-electron chi connectivity index (χ3n) is 2.47. The molecule has 0 bridgehead atoms. The molecule has 0 fully saturated rings. The van der Waals surface area contributed by atoms with E-state index in [0.29, 0.717) is 35.3 Å². The standard InChI is InChI=1S/C15H13ClN2O2/c16-13-8-15(11-18-10-13)20-6-2-5-19-14-4-1-3-12(7-14)9-17/h1,3-4,7-8,10-11H,2,5-6H2. The third kappa shape index (κ3) is 4.45. The number of benzene rings is 1. The minimum atomic E-state index is 0.514. The number of nitrogens with zero attached hydrogens (tertiary/aromatic N) is 2. The minimum Gasteiger partial charge on any atom is -0.493 e. The molecular weight excluding hydrogens is 276 g/mol. The van der Waals surface area contributed by atoms with E-state index in [2.05, 4.69) is 11.1 Å². The second kappa shape index (κ2) is 7.37. The first-order valence-corrected chi connectivity index (χ1v) is 6.52. The van der Waals surface area contributed by atoms with Crippen molar-refractivity contribution in [2.45, 2.75) is 6.42 Å². The van der Waals surface area contributed by atoms with Crippen LogP contribution >= 0.6 is 11.6 Å². The molecule has 0 aliphatic rings. The van der Waals surface area contributed by atoms with Gasteiger partial charge < -0.3 is 9.47 Å². The van der Waals surface area contributed by atoms with E-state index in [1.807, 2.05) is 6.07 Å². The highest BCUT2D eigenvalue weighted by Crippen LogP contribution is 2.15. The van der Waals surface area contributed by atoms with Crippen LogP contribution in [0.3, 0.4) is 0 Å². The fourth-order valence-corrected chi connectivity index (χ4v) is 1.73. The quantitative estimate of drug-likeness (QED) is 0.764. The van der Waals surface area contributed by atoms with Gasteiger partial charge in [-0.1, -0.05) is 17.7 Å². The van der Waals surface area contributed by atoms with E-state index in [4.69, 9.17) is 26.3 Å². The van der Waals surface area contributed by atoms with Crippen molar-refractivity contribution in [1.82, 2.24) is 4.98 Å². The van der Waals surface area contributed by atoms with E-state index < -0.39 is 0 Å². The van der Waals surface area contributed by atoms with Gasteiger partial charge in [0.1, 0.15) is 11.5 Å². The lowest BCUT2D eigenvalue weighted by molar-refractivity contribution is 0.247. The minimum absolute atomic E-state index is 0.514. The first kappa shape index (κ1) is 14.2. The molecule has 0 unspecified atom stereocenters. The molecule has 2 aromatic rings. The summed E-state index contributed by atoms with van der Waals surface area (Å²) in [6, 6.07) is 10.8. The Bertz CT molecular complexity index is 611. The number of nitriles is 1. The highest BCUT2D eigenvalue weighted by Gasteiger charge is 1.98. The number of pyridine rings is 1. The Morgan fingerprint density at radius 3 is 2.65 bits per heavy atom. The predicted molar refractivity (Wildman–Crippen MR) is 76.0 cm³/mol. The molecule has 1 aromatic carbocycles. The number of ether oxygens (including phenoxy) is 2. The molecule has 1 heterocycles. The molecule has 0 atom stereocenters. The normalized spacial score (nSPS) is 9.80. The molecule has 2 rings (SSSR count). The van der Waals surface area contributed by atoms with Crippen molar-refractivity contribution in [3.05, 3.63) is 53.3 Å². The van der Waals surface area contributed by atoms with Gasteiger partial charge in [0, 0.05) is 18.7 Å². The van der Waals surface area contributed by atoms with E-state index in [0.717, 1.165) is 6.42 Å². The van der Waals surface area contributed by atoms with Crippen molar-refractivity contribution < 1.29 is 9.47 Å². The molecule has 0 saturated carbocycles. The number of halogens is 1. The van der Waals surface area contributed by atoms with Gasteiger partial charge in [0.05, 0.1) is 36.1 Å². The van der Waals surface area contributed by atoms with Crippen molar-refractivity contribution in [3.8, 4) is 17.6 Å². The Morgan fingerprint density at radius 2 is 1.90 bits per heavy atom. The first-order valence-electron chi connectivity index (χ1n) is 6.14. The fraction of sp³-hybridized carbons (Fsp3) is 0.200. The number of hydrogen-bond acceptors (Lipinski definition) is 4. The predicted octanol–water partition coefficient (Wildman–Crippen LogP) is 3.45. The maximum atomic E-state index is 8.78. The van der Waals surface area contributed by atoms with Crippen LogP contribution in [0.25, 0.3) is 0 Å². The lowest BCUT2D eigenvalue weighted by Gasteiger charge is -2.08. The molecule has 0 amide bonds. The lowest BCUT2D eigenvalue weighted by atomic mass is 10.2. The summed E-state index contributed by atoms with van der Waals surface area (Å²) in [6.45, 7) is 1.03. The molecule has 0 aliphatic carbocycles. The topological polar surface area (TPSA) is 55.1 Å². The van der Waals surface area contributed by atoms with Crippen LogP contribution in [0.1, 0.15) is 12.0 Å². The molecule has 0 spiro atoms. The van der Waals surface area contributed by atoms with Crippen LogP contribution in [0.5, 0.6) is 11.5 Å². The summed E-state index contributed by atoms with van der Waals surface area (Å²) in [6.07, 6.45) is 3.89. The van der Waals surface area contributed by atoms with Crippen molar-refractivity contribution in [3.63, 3.8) is 0 Å². The van der Waals surface area contributed by atoms with Gasteiger partial charge in [-0.3, -0.25) is 4.98 Å². The van der Waals surface area contributed by atoms with Gasteiger partial charge >= 0.3 is 0 Å². The average molecular weight is 289 g/mol. The average Bonchev–Trinajstić information content (AvgIpc) is 2.47. The summed E-state index contributed by atoms with van der Waals surface area (Å²) in [5.74, 6) is 1.33. The SMILES string of the molecule is N#Cc1cccc(OCCCOc2cncc(Cl)c2)c1. The molecule has 0 saturated heterocycles. The molecule has 0 aliphatic heterocycles. The highest BCUT2D eigenvalue weighted by molar-refractivity contribution is 6.30. The largest absolute Gasteiger partial charge is 0.493 e. The van der Waals surface area contributed by atoms with E-state index >= 15 is 0 Å². The summed E-state index contributed by atoms with van der Waals surface area (Å²) in [5, 5.41) is 9.33. The second-order valence-corrected chi connectivity index (χ2v) is 4.47.